The smallest absolute Gasteiger partial charge is 0.280 e. The first-order valence-electron chi connectivity index (χ1n) is 6.67. The largest absolute Gasteiger partial charge is 0.393 e. The van der Waals surface area contributed by atoms with Crippen LogP contribution < -0.4 is 11.3 Å². The van der Waals surface area contributed by atoms with Crippen molar-refractivity contribution in [3.8, 4) is 0 Å². The van der Waals surface area contributed by atoms with Crippen molar-refractivity contribution in [3.63, 3.8) is 0 Å². The summed E-state index contributed by atoms with van der Waals surface area (Å²) in [6, 6.07) is 9.37. The molecule has 1 unspecified atom stereocenters. The highest BCUT2D eigenvalue weighted by Gasteiger charge is 2.13. The maximum atomic E-state index is 11.7. The van der Waals surface area contributed by atoms with Crippen LogP contribution in [0.25, 0.3) is 11.2 Å². The number of aromatic nitrogens is 4. The third kappa shape index (κ3) is 2.69. The molecular weight excluding hydrogens is 286 g/mol. The Morgan fingerprint density at radius 2 is 2.14 bits per heavy atom. The van der Waals surface area contributed by atoms with Crippen LogP contribution in [0.2, 0.25) is 0 Å². The Morgan fingerprint density at radius 1 is 1.36 bits per heavy atom. The highest BCUT2D eigenvalue weighted by Crippen LogP contribution is 2.17. The summed E-state index contributed by atoms with van der Waals surface area (Å²) in [6.07, 6.45) is 0.976. The Balaban J connectivity index is 1.83. The van der Waals surface area contributed by atoms with Gasteiger partial charge in [0.2, 0.25) is 5.95 Å². The van der Waals surface area contributed by atoms with Crippen molar-refractivity contribution < 1.29 is 9.84 Å². The molecule has 3 rings (SSSR count). The van der Waals surface area contributed by atoms with Gasteiger partial charge in [0.05, 0.1) is 12.9 Å². The fourth-order valence-corrected chi connectivity index (χ4v) is 2.16. The molecule has 1 aromatic carbocycles. The van der Waals surface area contributed by atoms with E-state index in [1.54, 1.807) is 4.57 Å². The van der Waals surface area contributed by atoms with Crippen LogP contribution in [0.5, 0.6) is 0 Å². The summed E-state index contributed by atoms with van der Waals surface area (Å²) in [7, 11) is 0. The molecule has 0 saturated heterocycles. The average Bonchev–Trinajstić information content (AvgIpc) is 2.92. The number of hydrogen-bond acceptors (Lipinski definition) is 6. The highest BCUT2D eigenvalue weighted by molar-refractivity contribution is 5.70. The molecule has 0 aliphatic rings. The first-order chi connectivity index (χ1) is 10.7. The lowest BCUT2D eigenvalue weighted by molar-refractivity contribution is -0.0241. The van der Waals surface area contributed by atoms with Gasteiger partial charge in [-0.25, -0.2) is 4.98 Å². The second-order valence-electron chi connectivity index (χ2n) is 4.72. The minimum atomic E-state index is -0.474. The Morgan fingerprint density at radius 3 is 2.86 bits per heavy atom. The Bertz CT molecular complexity index is 827. The van der Waals surface area contributed by atoms with E-state index in [1.165, 1.54) is 6.33 Å². The van der Waals surface area contributed by atoms with Gasteiger partial charge in [0.25, 0.3) is 5.56 Å². The number of fused-ring (bicyclic) bond motifs is 1. The number of anilines is 1. The topological polar surface area (TPSA) is 119 Å². The summed E-state index contributed by atoms with van der Waals surface area (Å²) >= 11 is 0. The van der Waals surface area contributed by atoms with Gasteiger partial charge in [-0.15, -0.1) is 0 Å². The average molecular weight is 301 g/mol. The van der Waals surface area contributed by atoms with E-state index in [4.69, 9.17) is 10.5 Å². The number of ether oxygens (including phenoxy) is 1. The predicted molar refractivity (Wildman–Crippen MR) is 79.9 cm³/mol. The van der Waals surface area contributed by atoms with Crippen LogP contribution in [-0.4, -0.2) is 31.2 Å². The lowest BCUT2D eigenvalue weighted by Crippen LogP contribution is -2.14. The highest BCUT2D eigenvalue weighted by atomic mass is 16.5. The van der Waals surface area contributed by atoms with E-state index in [1.807, 2.05) is 30.3 Å². The van der Waals surface area contributed by atoms with Gasteiger partial charge in [-0.3, -0.25) is 14.3 Å². The van der Waals surface area contributed by atoms with E-state index in [0.29, 0.717) is 5.65 Å². The van der Waals surface area contributed by atoms with E-state index in [2.05, 4.69) is 15.0 Å². The van der Waals surface area contributed by atoms with Crippen molar-refractivity contribution in [2.24, 2.45) is 0 Å². The molecule has 8 nitrogen and oxygen atoms in total. The van der Waals surface area contributed by atoms with E-state index >= 15 is 0 Å². The summed E-state index contributed by atoms with van der Waals surface area (Å²) in [6.45, 7) is -0.0701. The molecule has 2 aromatic heterocycles. The Hall–Kier alpha value is -2.71. The molecule has 3 aromatic rings. The third-order valence-electron chi connectivity index (χ3n) is 3.25. The monoisotopic (exact) mass is 301 g/mol. The fraction of sp³-hybridized carbons (Fsp3) is 0.214. The van der Waals surface area contributed by atoms with Gasteiger partial charge in [-0.1, -0.05) is 30.3 Å². The standard InChI is InChI=1S/C14H15N5O3/c15-14-17-12-11(13(21)18-14)16-7-19(12)8-22-10(6-20)9-4-2-1-3-5-9/h1-5,7,10,20H,6,8H2,(H3,15,17,18,21). The van der Waals surface area contributed by atoms with Gasteiger partial charge in [-0.2, -0.15) is 4.98 Å². The zero-order valence-electron chi connectivity index (χ0n) is 11.6. The molecule has 0 bridgehead atoms. The number of nitrogens with two attached hydrogens (primary N) is 1. The maximum absolute atomic E-state index is 11.7. The molecule has 8 heteroatoms. The van der Waals surface area contributed by atoms with Crippen LogP contribution in [0.1, 0.15) is 11.7 Å². The van der Waals surface area contributed by atoms with Crippen LogP contribution in [0.15, 0.2) is 41.5 Å². The Labute approximate surface area is 125 Å². The number of aromatic amines is 1. The number of aliphatic hydroxyl groups is 1. The number of nitrogens with one attached hydrogen (secondary N) is 1. The number of hydrogen-bond donors (Lipinski definition) is 3. The number of aliphatic hydroxyl groups excluding tert-OH is 1. The molecule has 0 amide bonds. The minimum Gasteiger partial charge on any atom is -0.393 e. The van der Waals surface area contributed by atoms with Gasteiger partial charge in [0.1, 0.15) is 12.8 Å². The van der Waals surface area contributed by atoms with Crippen molar-refractivity contribution in [2.75, 3.05) is 12.3 Å². The summed E-state index contributed by atoms with van der Waals surface area (Å²) < 4.78 is 7.25. The predicted octanol–water partition coefficient (Wildman–Crippen LogP) is 0.410. The first kappa shape index (κ1) is 14.2. The van der Waals surface area contributed by atoms with Gasteiger partial charge in [0, 0.05) is 0 Å². The maximum Gasteiger partial charge on any atom is 0.280 e. The second-order valence-corrected chi connectivity index (χ2v) is 4.72. The lowest BCUT2D eigenvalue weighted by atomic mass is 10.1. The minimum absolute atomic E-state index is 0.0148. The fourth-order valence-electron chi connectivity index (χ4n) is 2.16. The Kier molecular flexibility index (Phi) is 3.86. The summed E-state index contributed by atoms with van der Waals surface area (Å²) in [5.41, 5.74) is 6.53. The van der Waals surface area contributed by atoms with Crippen molar-refractivity contribution in [2.45, 2.75) is 12.8 Å². The van der Waals surface area contributed by atoms with Crippen LogP contribution in [0.3, 0.4) is 0 Å². The quantitative estimate of drug-likeness (QED) is 0.628. The number of nitrogens with zero attached hydrogens (tertiary/aromatic N) is 3. The normalized spacial score (nSPS) is 12.6. The molecule has 2 heterocycles. The number of benzene rings is 1. The first-order valence-corrected chi connectivity index (χ1v) is 6.67. The third-order valence-corrected chi connectivity index (χ3v) is 3.25. The molecular formula is C14H15N5O3. The zero-order chi connectivity index (χ0) is 15.5. The summed E-state index contributed by atoms with van der Waals surface area (Å²) in [5, 5.41) is 9.47. The summed E-state index contributed by atoms with van der Waals surface area (Å²) in [4.78, 5) is 22.1. The molecule has 0 saturated carbocycles. The van der Waals surface area contributed by atoms with E-state index in [9.17, 15) is 9.90 Å². The van der Waals surface area contributed by atoms with Crippen LogP contribution in [0, 0.1) is 0 Å². The van der Waals surface area contributed by atoms with E-state index in [-0.39, 0.29) is 24.8 Å². The number of rotatable bonds is 5. The number of imidazole rings is 1. The van der Waals surface area contributed by atoms with Crippen molar-refractivity contribution in [1.82, 2.24) is 19.5 Å². The SMILES string of the molecule is Nc1nc2c(ncn2COC(CO)c2ccccc2)c(=O)[nH]1. The van der Waals surface area contributed by atoms with Crippen LogP contribution in [-0.2, 0) is 11.5 Å². The molecule has 0 spiro atoms. The molecule has 22 heavy (non-hydrogen) atoms. The van der Waals surface area contributed by atoms with Crippen LogP contribution >= 0.6 is 0 Å². The molecule has 0 fully saturated rings. The van der Waals surface area contributed by atoms with E-state index < -0.39 is 11.7 Å². The molecule has 4 N–H and O–H groups in total. The molecule has 0 aliphatic carbocycles. The number of nitrogen functional groups attached to an aromatic ring is 1. The zero-order valence-corrected chi connectivity index (χ0v) is 11.6. The van der Waals surface area contributed by atoms with Crippen LogP contribution in [0.4, 0.5) is 5.95 Å². The number of H-pyrrole nitrogens is 1. The molecule has 0 radical (unpaired) electrons. The molecule has 1 atom stereocenters. The van der Waals surface area contributed by atoms with Gasteiger partial charge in [-0.05, 0) is 5.56 Å². The lowest BCUT2D eigenvalue weighted by Gasteiger charge is -2.16. The van der Waals surface area contributed by atoms with E-state index in [0.717, 1.165) is 5.56 Å². The summed E-state index contributed by atoms with van der Waals surface area (Å²) in [5.74, 6) is 0.0148. The second kappa shape index (κ2) is 5.96. The van der Waals surface area contributed by atoms with Gasteiger partial charge < -0.3 is 15.6 Å². The van der Waals surface area contributed by atoms with Crippen molar-refractivity contribution in [1.29, 1.82) is 0 Å². The molecule has 114 valence electrons. The van der Waals surface area contributed by atoms with Gasteiger partial charge >= 0.3 is 0 Å². The molecule has 0 aliphatic heterocycles. The van der Waals surface area contributed by atoms with Crippen molar-refractivity contribution in [3.05, 3.63) is 52.6 Å². The van der Waals surface area contributed by atoms with Gasteiger partial charge in [0.15, 0.2) is 11.2 Å². The van der Waals surface area contributed by atoms with Crippen molar-refractivity contribution >= 4 is 17.1 Å².